The second-order valence-electron chi connectivity index (χ2n) is 14.2. The number of benzene rings is 4. The predicted octanol–water partition coefficient (Wildman–Crippen LogP) is 7.12. The van der Waals surface area contributed by atoms with Crippen molar-refractivity contribution in [2.45, 2.75) is 75.3 Å². The van der Waals surface area contributed by atoms with E-state index in [1.165, 1.54) is 44.5 Å². The molecule has 7 nitrogen and oxygen atoms in total. The highest BCUT2D eigenvalue weighted by Crippen LogP contribution is 2.43. The van der Waals surface area contributed by atoms with Crippen molar-refractivity contribution >= 4 is 0 Å². The Bertz CT molecular complexity index is 1370. The summed E-state index contributed by atoms with van der Waals surface area (Å²) in [5.74, 6) is 0.161. The zero-order valence-electron chi connectivity index (χ0n) is 28.8. The Morgan fingerprint density at radius 3 is 1.02 bits per heavy atom. The van der Waals surface area contributed by atoms with E-state index in [0.29, 0.717) is 45.7 Å². The average molecular weight is 677 g/mol. The van der Waals surface area contributed by atoms with Gasteiger partial charge < -0.3 is 33.2 Å². The fraction of sp³-hybridized carbons (Fsp3) is 0.442. The largest absolute Gasteiger partial charge is 0.374 e. The van der Waals surface area contributed by atoms with Crippen molar-refractivity contribution in [3.05, 3.63) is 142 Å². The standard InChI is InChI=1S/C43H48O7/c1(3-38-26-47-38)2-30-4-12-34(13-5-30)42(35-14-6-31(7-15-35)20-44-23-39-27-48-39)43(36-16-8-32(9-17-36)21-45-24-40-28-49-40)37-18-10-33(11-19-37)22-46-25-41-29-50-41/h4-19,38-43H,1-3,20-29H2. The summed E-state index contributed by atoms with van der Waals surface area (Å²) in [5.41, 5.74) is 9.98. The topological polar surface area (TPSA) is 77.8 Å². The van der Waals surface area contributed by atoms with Gasteiger partial charge in [0.05, 0.1) is 72.2 Å². The lowest BCUT2D eigenvalue weighted by atomic mass is 9.73. The number of aryl methyl sites for hydroxylation is 1. The molecule has 7 heteroatoms. The molecule has 4 fully saturated rings. The molecule has 5 atom stereocenters. The molecule has 0 bridgehead atoms. The molecule has 0 spiro atoms. The number of rotatable bonds is 21. The highest BCUT2D eigenvalue weighted by atomic mass is 16.6. The van der Waals surface area contributed by atoms with Crippen LogP contribution in [0.5, 0.6) is 0 Å². The molecule has 0 aliphatic carbocycles. The van der Waals surface area contributed by atoms with Crippen LogP contribution in [0.4, 0.5) is 0 Å². The summed E-state index contributed by atoms with van der Waals surface area (Å²) in [6.07, 6.45) is 4.63. The average Bonchev–Trinajstić information content (AvgIpc) is 3.95. The fourth-order valence-electron chi connectivity index (χ4n) is 6.70. The molecule has 0 N–H and O–H groups in total. The molecule has 50 heavy (non-hydrogen) atoms. The monoisotopic (exact) mass is 676 g/mol. The van der Waals surface area contributed by atoms with Crippen LogP contribution in [-0.4, -0.2) is 70.7 Å². The lowest BCUT2D eigenvalue weighted by molar-refractivity contribution is 0.104. The van der Waals surface area contributed by atoms with Gasteiger partial charge in [-0.25, -0.2) is 0 Å². The summed E-state index contributed by atoms with van der Waals surface area (Å²) in [5, 5.41) is 0. The minimum absolute atomic E-state index is 0.0756. The normalized spacial score (nSPS) is 23.0. The molecule has 8 rings (SSSR count). The number of ether oxygens (including phenoxy) is 7. The minimum Gasteiger partial charge on any atom is -0.374 e. The molecule has 0 amide bonds. The lowest BCUT2D eigenvalue weighted by Crippen LogP contribution is -2.15. The Labute approximate surface area is 295 Å². The van der Waals surface area contributed by atoms with Gasteiger partial charge in [-0.05, 0) is 63.8 Å². The van der Waals surface area contributed by atoms with E-state index >= 15 is 0 Å². The molecular weight excluding hydrogens is 628 g/mol. The molecular formula is C43H48O7. The molecule has 4 aliphatic rings. The Hall–Kier alpha value is -3.40. The van der Waals surface area contributed by atoms with Crippen LogP contribution in [0.2, 0.25) is 0 Å². The van der Waals surface area contributed by atoms with Crippen LogP contribution < -0.4 is 0 Å². The van der Waals surface area contributed by atoms with Crippen LogP contribution in [0.25, 0.3) is 0 Å². The van der Waals surface area contributed by atoms with Gasteiger partial charge in [0.25, 0.3) is 0 Å². The summed E-state index contributed by atoms with van der Waals surface area (Å²) >= 11 is 0. The summed E-state index contributed by atoms with van der Waals surface area (Å²) in [6.45, 7) is 7.05. The maximum absolute atomic E-state index is 5.92. The van der Waals surface area contributed by atoms with Crippen molar-refractivity contribution in [2.75, 3.05) is 46.2 Å². The number of hydrogen-bond donors (Lipinski definition) is 0. The maximum atomic E-state index is 5.92. The predicted molar refractivity (Wildman–Crippen MR) is 190 cm³/mol. The first kappa shape index (κ1) is 33.7. The van der Waals surface area contributed by atoms with Crippen molar-refractivity contribution in [3.63, 3.8) is 0 Å². The number of hydrogen-bond acceptors (Lipinski definition) is 7. The second-order valence-corrected chi connectivity index (χ2v) is 14.2. The first-order valence-corrected chi connectivity index (χ1v) is 18.3. The molecule has 4 aromatic rings. The van der Waals surface area contributed by atoms with Gasteiger partial charge in [-0.1, -0.05) is 97.1 Å². The molecule has 0 radical (unpaired) electrons. The molecule has 0 saturated carbocycles. The fourth-order valence-corrected chi connectivity index (χ4v) is 6.70. The highest BCUT2D eigenvalue weighted by Gasteiger charge is 2.29. The zero-order chi connectivity index (χ0) is 33.5. The molecule has 4 aliphatic heterocycles. The molecule has 262 valence electrons. The van der Waals surface area contributed by atoms with Gasteiger partial charge >= 0.3 is 0 Å². The van der Waals surface area contributed by atoms with E-state index in [2.05, 4.69) is 97.1 Å². The van der Waals surface area contributed by atoms with E-state index in [0.717, 1.165) is 45.7 Å². The lowest BCUT2D eigenvalue weighted by Gasteiger charge is -2.30. The summed E-state index contributed by atoms with van der Waals surface area (Å²) in [6, 6.07) is 36.3. The second kappa shape index (κ2) is 16.3. The third-order valence-corrected chi connectivity index (χ3v) is 10.0. The van der Waals surface area contributed by atoms with Gasteiger partial charge in [-0.2, -0.15) is 0 Å². The van der Waals surface area contributed by atoms with Gasteiger partial charge in [0.15, 0.2) is 0 Å². The van der Waals surface area contributed by atoms with Crippen molar-refractivity contribution in [1.29, 1.82) is 0 Å². The van der Waals surface area contributed by atoms with Crippen molar-refractivity contribution in [1.82, 2.24) is 0 Å². The summed E-state index contributed by atoms with van der Waals surface area (Å²) in [7, 11) is 0. The molecule has 0 aromatic heterocycles. The third-order valence-electron chi connectivity index (χ3n) is 10.0. The van der Waals surface area contributed by atoms with Gasteiger partial charge in [-0.3, -0.25) is 0 Å². The van der Waals surface area contributed by atoms with E-state index < -0.39 is 0 Å². The minimum atomic E-state index is 0.0756. The van der Waals surface area contributed by atoms with Crippen LogP contribution in [-0.2, 0) is 59.4 Å². The molecule has 5 unspecified atom stereocenters. The molecule has 4 heterocycles. The van der Waals surface area contributed by atoms with E-state index in [9.17, 15) is 0 Å². The Balaban J connectivity index is 1.08. The smallest absolute Gasteiger partial charge is 0.104 e. The van der Waals surface area contributed by atoms with E-state index in [4.69, 9.17) is 33.2 Å². The van der Waals surface area contributed by atoms with Crippen molar-refractivity contribution < 1.29 is 33.2 Å². The van der Waals surface area contributed by atoms with Crippen molar-refractivity contribution in [2.24, 2.45) is 0 Å². The maximum Gasteiger partial charge on any atom is 0.104 e. The van der Waals surface area contributed by atoms with E-state index in [1.807, 2.05) is 0 Å². The van der Waals surface area contributed by atoms with Gasteiger partial charge in [0, 0.05) is 11.8 Å². The Morgan fingerprint density at radius 1 is 0.420 bits per heavy atom. The quantitative estimate of drug-likeness (QED) is 0.0871. The summed E-state index contributed by atoms with van der Waals surface area (Å²) < 4.78 is 39.2. The SMILES string of the molecule is c1cc(C(c2ccc(COCC3CO3)cc2)C(c2ccc(COCC3CO3)cc2)c2ccc(COCC3CO3)cc2)ccc1CCCC1CO1. The Morgan fingerprint density at radius 2 is 0.720 bits per heavy atom. The summed E-state index contributed by atoms with van der Waals surface area (Å²) in [4.78, 5) is 0. The van der Waals surface area contributed by atoms with Crippen LogP contribution >= 0.6 is 0 Å². The van der Waals surface area contributed by atoms with Crippen molar-refractivity contribution in [3.8, 4) is 0 Å². The van der Waals surface area contributed by atoms with E-state index in [1.54, 1.807) is 0 Å². The van der Waals surface area contributed by atoms with Gasteiger partial charge in [-0.15, -0.1) is 0 Å². The molecule has 4 saturated heterocycles. The molecule has 4 aromatic carbocycles. The Kier molecular flexibility index (Phi) is 11.0. The van der Waals surface area contributed by atoms with Crippen LogP contribution in [0.15, 0.2) is 97.1 Å². The van der Waals surface area contributed by atoms with Crippen LogP contribution in [0.1, 0.15) is 69.2 Å². The van der Waals surface area contributed by atoms with Crippen LogP contribution in [0.3, 0.4) is 0 Å². The third kappa shape index (κ3) is 9.89. The zero-order valence-corrected chi connectivity index (χ0v) is 28.8. The van der Waals surface area contributed by atoms with Gasteiger partial charge in [0.2, 0.25) is 0 Å². The number of epoxide rings is 4. The first-order valence-electron chi connectivity index (χ1n) is 18.3. The highest BCUT2D eigenvalue weighted by molar-refractivity contribution is 5.46. The van der Waals surface area contributed by atoms with Crippen LogP contribution in [0, 0.1) is 0 Å². The van der Waals surface area contributed by atoms with E-state index in [-0.39, 0.29) is 30.1 Å². The first-order chi connectivity index (χ1) is 24.7. The van der Waals surface area contributed by atoms with Gasteiger partial charge in [0.1, 0.15) is 18.3 Å².